The first-order valence-corrected chi connectivity index (χ1v) is 21.2. The van der Waals surface area contributed by atoms with E-state index in [1.807, 2.05) is 60.9 Å². The summed E-state index contributed by atoms with van der Waals surface area (Å²) in [5.41, 5.74) is 14.7. The van der Waals surface area contributed by atoms with E-state index in [4.69, 9.17) is 18.8 Å². The van der Waals surface area contributed by atoms with Crippen LogP contribution in [0.3, 0.4) is 0 Å². The molecule has 13 aromatic rings. The lowest BCUT2D eigenvalue weighted by molar-refractivity contribution is 0.669. The minimum atomic E-state index is 0.791. The summed E-state index contributed by atoms with van der Waals surface area (Å²) < 4.78 is 12.8. The Kier molecular flexibility index (Phi) is 7.84. The quantitative estimate of drug-likeness (QED) is 0.157. The molecular weight excluding hydrogens is 771 g/mol. The van der Waals surface area contributed by atoms with E-state index < -0.39 is 0 Å². The number of nitrogens with zero attached hydrogens (tertiary/aromatic N) is 3. The van der Waals surface area contributed by atoms with Crippen molar-refractivity contribution < 1.29 is 8.83 Å². The zero-order valence-corrected chi connectivity index (χ0v) is 33.9. The molecule has 0 radical (unpaired) electrons. The average molecular weight is 806 g/mol. The van der Waals surface area contributed by atoms with Gasteiger partial charge in [0.1, 0.15) is 22.2 Å². The third kappa shape index (κ3) is 5.78. The number of benzene rings is 9. The molecule has 0 bridgehead atoms. The molecule has 0 amide bonds. The molecule has 0 atom stereocenters. The summed E-state index contributed by atoms with van der Waals surface area (Å²) in [4.78, 5) is 11.7. The second kappa shape index (κ2) is 14.0. The van der Waals surface area contributed by atoms with Gasteiger partial charge in [-0.15, -0.1) is 0 Å². The molecule has 0 N–H and O–H groups in total. The molecule has 0 spiro atoms. The van der Waals surface area contributed by atoms with E-state index in [1.54, 1.807) is 0 Å². The van der Waals surface area contributed by atoms with Crippen LogP contribution in [0.2, 0.25) is 0 Å². The summed E-state index contributed by atoms with van der Waals surface area (Å²) in [5, 5.41) is 9.36. The topological polar surface area (TPSA) is 55.3 Å². The molecule has 0 aliphatic rings. The maximum Gasteiger partial charge on any atom is 0.161 e. The summed E-state index contributed by atoms with van der Waals surface area (Å²) >= 11 is 0. The molecule has 294 valence electrons. The number of rotatable bonds is 6. The Balaban J connectivity index is 0.911. The molecule has 0 aliphatic carbocycles. The van der Waals surface area contributed by atoms with E-state index in [2.05, 4.69) is 157 Å². The number of pyridine rings is 2. The zero-order chi connectivity index (χ0) is 41.4. The smallest absolute Gasteiger partial charge is 0.161 e. The van der Waals surface area contributed by atoms with Crippen molar-refractivity contribution in [3.63, 3.8) is 0 Å². The summed E-state index contributed by atoms with van der Waals surface area (Å²) in [6, 6.07) is 71.1. The number of aromatic nitrogens is 2. The first-order chi connectivity index (χ1) is 31.2. The predicted octanol–water partition coefficient (Wildman–Crippen LogP) is 16.2. The molecule has 0 saturated carbocycles. The highest BCUT2D eigenvalue weighted by Crippen LogP contribution is 2.42. The van der Waals surface area contributed by atoms with Crippen LogP contribution in [0.25, 0.3) is 110 Å². The number of para-hydroxylation sites is 2. The zero-order valence-electron chi connectivity index (χ0n) is 33.9. The van der Waals surface area contributed by atoms with Crippen molar-refractivity contribution in [2.75, 3.05) is 4.90 Å². The highest BCUT2D eigenvalue weighted by Gasteiger charge is 2.19. The van der Waals surface area contributed by atoms with Crippen LogP contribution in [0.5, 0.6) is 0 Å². The fourth-order valence-corrected chi connectivity index (χ4v) is 9.44. The summed E-state index contributed by atoms with van der Waals surface area (Å²) in [5.74, 6) is 0. The molecule has 4 aromatic heterocycles. The Morgan fingerprint density at radius 1 is 0.317 bits per heavy atom. The van der Waals surface area contributed by atoms with E-state index in [-0.39, 0.29) is 0 Å². The number of furan rings is 2. The van der Waals surface area contributed by atoms with Gasteiger partial charge in [-0.1, -0.05) is 115 Å². The van der Waals surface area contributed by atoms with Crippen LogP contribution < -0.4 is 4.90 Å². The Bertz CT molecular complexity index is 3760. The third-order valence-electron chi connectivity index (χ3n) is 12.6. The van der Waals surface area contributed by atoms with Crippen molar-refractivity contribution in [2.45, 2.75) is 0 Å². The monoisotopic (exact) mass is 805 g/mol. The van der Waals surface area contributed by atoms with Gasteiger partial charge >= 0.3 is 0 Å². The lowest BCUT2D eigenvalue weighted by Crippen LogP contribution is -2.09. The molecule has 13 rings (SSSR count). The van der Waals surface area contributed by atoms with Crippen molar-refractivity contribution in [1.29, 1.82) is 0 Å². The van der Waals surface area contributed by atoms with Crippen molar-refractivity contribution >= 4 is 93.5 Å². The standard InChI is InChI=1S/C58H35N3O2/c1-2-8-39-33-40(14-13-36(39)7-1)41-21-27-47-42(34-41)15-16-43-35-46(26-28-48(43)47)61(44-22-17-37(18-23-44)49-29-31-59-55-51-9-3-5-11-53(51)62-57(49)55)45-24-19-38(20-25-45)50-30-32-60-56-52-10-4-6-12-54(52)63-58(50)56/h1-35H. The molecule has 5 heteroatoms. The van der Waals surface area contributed by atoms with Gasteiger partial charge in [0, 0.05) is 51.4 Å². The van der Waals surface area contributed by atoms with Crippen LogP contribution in [0.15, 0.2) is 221 Å². The maximum absolute atomic E-state index is 6.38. The summed E-state index contributed by atoms with van der Waals surface area (Å²) in [6.07, 6.45) is 3.73. The van der Waals surface area contributed by atoms with Crippen molar-refractivity contribution in [3.05, 3.63) is 213 Å². The van der Waals surface area contributed by atoms with Gasteiger partial charge in [0.2, 0.25) is 0 Å². The van der Waals surface area contributed by atoms with Crippen molar-refractivity contribution in [3.8, 4) is 33.4 Å². The van der Waals surface area contributed by atoms with E-state index in [0.29, 0.717) is 0 Å². The minimum Gasteiger partial charge on any atom is -0.454 e. The molecule has 63 heavy (non-hydrogen) atoms. The van der Waals surface area contributed by atoms with Gasteiger partial charge in [-0.05, 0) is 140 Å². The first kappa shape index (κ1) is 35.2. The van der Waals surface area contributed by atoms with Crippen LogP contribution >= 0.6 is 0 Å². The highest BCUT2D eigenvalue weighted by atomic mass is 16.3. The molecule has 5 nitrogen and oxygen atoms in total. The Labute approximate surface area is 361 Å². The van der Waals surface area contributed by atoms with Gasteiger partial charge in [-0.3, -0.25) is 9.97 Å². The molecular formula is C58H35N3O2. The van der Waals surface area contributed by atoms with Gasteiger partial charge < -0.3 is 13.7 Å². The van der Waals surface area contributed by atoms with E-state index in [9.17, 15) is 0 Å². The van der Waals surface area contributed by atoms with Crippen LogP contribution in [-0.4, -0.2) is 9.97 Å². The number of fused-ring (bicyclic) bond motifs is 10. The molecule has 4 heterocycles. The lowest BCUT2D eigenvalue weighted by Gasteiger charge is -2.26. The maximum atomic E-state index is 6.38. The van der Waals surface area contributed by atoms with Crippen molar-refractivity contribution in [1.82, 2.24) is 9.97 Å². The van der Waals surface area contributed by atoms with E-state index in [0.717, 1.165) is 83.5 Å². The normalized spacial score (nSPS) is 11.8. The van der Waals surface area contributed by atoms with Gasteiger partial charge in [0.15, 0.2) is 11.2 Å². The van der Waals surface area contributed by atoms with E-state index >= 15 is 0 Å². The molecule has 0 aliphatic heterocycles. The minimum absolute atomic E-state index is 0.791. The Hall–Kier alpha value is -8.54. The molecule has 0 unspecified atom stereocenters. The van der Waals surface area contributed by atoms with Gasteiger partial charge in [0.25, 0.3) is 0 Å². The fraction of sp³-hybridized carbons (Fsp3) is 0. The average Bonchev–Trinajstić information content (AvgIpc) is 3.93. The van der Waals surface area contributed by atoms with Crippen LogP contribution in [0, 0.1) is 0 Å². The number of hydrogen-bond acceptors (Lipinski definition) is 5. The molecule has 0 saturated heterocycles. The van der Waals surface area contributed by atoms with Gasteiger partial charge in [-0.2, -0.15) is 0 Å². The van der Waals surface area contributed by atoms with Gasteiger partial charge in [0.05, 0.1) is 0 Å². The predicted molar refractivity (Wildman–Crippen MR) is 260 cm³/mol. The molecule has 0 fully saturated rings. The largest absolute Gasteiger partial charge is 0.454 e. The second-order valence-electron chi connectivity index (χ2n) is 16.2. The third-order valence-corrected chi connectivity index (χ3v) is 12.6. The second-order valence-corrected chi connectivity index (χ2v) is 16.2. The summed E-state index contributed by atoms with van der Waals surface area (Å²) in [7, 11) is 0. The SMILES string of the molecule is c1ccc2cc(-c3ccc4c(ccc5cc(N(c6ccc(-c7ccnc8c7oc7ccccc78)cc6)c6ccc(-c7ccnc8c7oc7ccccc78)cc6)ccc54)c3)ccc2c1. The molecule has 9 aromatic carbocycles. The lowest BCUT2D eigenvalue weighted by atomic mass is 9.96. The number of anilines is 3. The van der Waals surface area contributed by atoms with Gasteiger partial charge in [-0.25, -0.2) is 0 Å². The Morgan fingerprint density at radius 3 is 1.37 bits per heavy atom. The first-order valence-electron chi connectivity index (χ1n) is 21.2. The van der Waals surface area contributed by atoms with Crippen LogP contribution in [0.4, 0.5) is 17.1 Å². The highest BCUT2D eigenvalue weighted by molar-refractivity contribution is 6.11. The van der Waals surface area contributed by atoms with Crippen LogP contribution in [0.1, 0.15) is 0 Å². The number of hydrogen-bond donors (Lipinski definition) is 0. The Morgan fingerprint density at radius 2 is 0.762 bits per heavy atom. The van der Waals surface area contributed by atoms with Crippen LogP contribution in [-0.2, 0) is 0 Å². The van der Waals surface area contributed by atoms with Crippen molar-refractivity contribution in [2.24, 2.45) is 0 Å². The summed E-state index contributed by atoms with van der Waals surface area (Å²) in [6.45, 7) is 0. The van der Waals surface area contributed by atoms with E-state index in [1.165, 1.54) is 43.4 Å². The fourth-order valence-electron chi connectivity index (χ4n) is 9.44.